The molecule has 3 rings (SSSR count). The van der Waals surface area contributed by atoms with Crippen LogP contribution in [0.5, 0.6) is 0 Å². The number of hydrogen-bond acceptors (Lipinski definition) is 4. The first-order chi connectivity index (χ1) is 13.8. The lowest BCUT2D eigenvalue weighted by Gasteiger charge is -2.21. The average molecular weight is 440 g/mol. The van der Waals surface area contributed by atoms with Crippen molar-refractivity contribution in [3.05, 3.63) is 64.9 Å². The van der Waals surface area contributed by atoms with Crippen molar-refractivity contribution in [2.75, 3.05) is 32.7 Å². The van der Waals surface area contributed by atoms with Crippen LogP contribution in [0.1, 0.15) is 12.0 Å². The molecule has 29 heavy (non-hydrogen) atoms. The van der Waals surface area contributed by atoms with Gasteiger partial charge in [-0.15, -0.1) is 0 Å². The zero-order valence-electron chi connectivity index (χ0n) is 15.9. The summed E-state index contributed by atoms with van der Waals surface area (Å²) in [6, 6.07) is 12.1. The molecule has 9 heteroatoms. The zero-order chi connectivity index (χ0) is 20.9. The summed E-state index contributed by atoms with van der Waals surface area (Å²) >= 11 is 5.94. The molecule has 1 aliphatic heterocycles. The summed E-state index contributed by atoms with van der Waals surface area (Å²) in [6.07, 6.45) is 0.613. The van der Waals surface area contributed by atoms with Crippen LogP contribution in [0.4, 0.5) is 4.39 Å². The molecule has 0 saturated carbocycles. The zero-order valence-corrected chi connectivity index (χ0v) is 17.4. The standard InChI is InChI=1S/C20H23ClFN3O3S/c21-17-4-1-3-16(13-17)14-23-20(26)15-24-9-2-10-25(12-11-24)29(27,28)19-7-5-18(22)6-8-19/h1,3-8,13H,2,9-12,14-15H2,(H,23,26). The van der Waals surface area contributed by atoms with Gasteiger partial charge in [0.05, 0.1) is 11.4 Å². The molecule has 1 heterocycles. The van der Waals surface area contributed by atoms with Gasteiger partial charge in [0, 0.05) is 31.2 Å². The van der Waals surface area contributed by atoms with Crippen LogP contribution < -0.4 is 5.32 Å². The number of nitrogens with one attached hydrogen (secondary N) is 1. The Morgan fingerprint density at radius 2 is 1.83 bits per heavy atom. The van der Waals surface area contributed by atoms with Gasteiger partial charge in [-0.3, -0.25) is 9.69 Å². The van der Waals surface area contributed by atoms with E-state index in [9.17, 15) is 17.6 Å². The fourth-order valence-corrected chi connectivity index (χ4v) is 4.89. The van der Waals surface area contributed by atoms with E-state index in [1.54, 1.807) is 12.1 Å². The van der Waals surface area contributed by atoms with Crippen molar-refractivity contribution in [3.8, 4) is 0 Å². The Balaban J connectivity index is 1.52. The number of carbonyl (C=O) groups excluding carboxylic acids is 1. The van der Waals surface area contributed by atoms with Crippen molar-refractivity contribution in [3.63, 3.8) is 0 Å². The monoisotopic (exact) mass is 439 g/mol. The lowest BCUT2D eigenvalue weighted by atomic mass is 10.2. The van der Waals surface area contributed by atoms with Crippen LogP contribution in [0, 0.1) is 5.82 Å². The van der Waals surface area contributed by atoms with E-state index in [4.69, 9.17) is 11.6 Å². The van der Waals surface area contributed by atoms with Crippen LogP contribution in [0.25, 0.3) is 0 Å². The summed E-state index contributed by atoms with van der Waals surface area (Å²) in [7, 11) is -3.68. The van der Waals surface area contributed by atoms with E-state index in [2.05, 4.69) is 5.32 Å². The van der Waals surface area contributed by atoms with E-state index in [1.165, 1.54) is 16.4 Å². The number of halogens is 2. The molecule has 1 amide bonds. The van der Waals surface area contributed by atoms with Gasteiger partial charge in [-0.05, 0) is 54.9 Å². The molecule has 6 nitrogen and oxygen atoms in total. The maximum absolute atomic E-state index is 13.1. The molecule has 0 atom stereocenters. The molecule has 0 spiro atoms. The first kappa shape index (κ1) is 21.7. The summed E-state index contributed by atoms with van der Waals surface area (Å²) in [6.45, 7) is 2.30. The van der Waals surface area contributed by atoms with Crippen molar-refractivity contribution in [2.45, 2.75) is 17.9 Å². The van der Waals surface area contributed by atoms with Crippen molar-refractivity contribution in [2.24, 2.45) is 0 Å². The minimum atomic E-state index is -3.68. The molecule has 0 radical (unpaired) electrons. The largest absolute Gasteiger partial charge is 0.351 e. The summed E-state index contributed by atoms with van der Waals surface area (Å²) in [5, 5.41) is 3.48. The third-order valence-electron chi connectivity index (χ3n) is 4.74. The normalized spacial score (nSPS) is 16.3. The Labute approximate surface area is 175 Å². The van der Waals surface area contributed by atoms with Crippen molar-refractivity contribution < 1.29 is 17.6 Å². The molecule has 2 aromatic carbocycles. The van der Waals surface area contributed by atoms with Gasteiger partial charge >= 0.3 is 0 Å². The van der Waals surface area contributed by atoms with E-state index >= 15 is 0 Å². The molecule has 1 N–H and O–H groups in total. The van der Waals surface area contributed by atoms with E-state index in [1.807, 2.05) is 17.0 Å². The SMILES string of the molecule is O=C(CN1CCCN(S(=O)(=O)c2ccc(F)cc2)CC1)NCc1cccc(Cl)c1. The molecule has 1 fully saturated rings. The highest BCUT2D eigenvalue weighted by molar-refractivity contribution is 7.89. The van der Waals surface area contributed by atoms with Crippen LogP contribution in [0.2, 0.25) is 5.02 Å². The summed E-state index contributed by atoms with van der Waals surface area (Å²) in [5.74, 6) is -0.602. The van der Waals surface area contributed by atoms with Gasteiger partial charge < -0.3 is 5.32 Å². The summed E-state index contributed by atoms with van der Waals surface area (Å²) in [5.41, 5.74) is 0.915. The van der Waals surface area contributed by atoms with Gasteiger partial charge in [0.2, 0.25) is 15.9 Å². The fraction of sp³-hybridized carbons (Fsp3) is 0.350. The van der Waals surface area contributed by atoms with Crippen LogP contribution in [0.15, 0.2) is 53.4 Å². The van der Waals surface area contributed by atoms with E-state index in [-0.39, 0.29) is 23.9 Å². The predicted molar refractivity (Wildman–Crippen MR) is 110 cm³/mol. The number of amides is 1. The Hall–Kier alpha value is -2.00. The highest BCUT2D eigenvalue weighted by Gasteiger charge is 2.27. The first-order valence-electron chi connectivity index (χ1n) is 9.34. The number of carbonyl (C=O) groups is 1. The lowest BCUT2D eigenvalue weighted by Crippen LogP contribution is -2.39. The molecule has 1 saturated heterocycles. The lowest BCUT2D eigenvalue weighted by molar-refractivity contribution is -0.122. The molecule has 1 aliphatic rings. The van der Waals surface area contributed by atoms with Crippen molar-refractivity contribution in [1.82, 2.24) is 14.5 Å². The average Bonchev–Trinajstić information content (AvgIpc) is 2.93. The van der Waals surface area contributed by atoms with Gasteiger partial charge in [-0.2, -0.15) is 4.31 Å². The first-order valence-corrected chi connectivity index (χ1v) is 11.2. The third-order valence-corrected chi connectivity index (χ3v) is 6.89. The van der Waals surface area contributed by atoms with Gasteiger partial charge in [-0.25, -0.2) is 12.8 Å². The van der Waals surface area contributed by atoms with Gasteiger partial charge in [0.15, 0.2) is 0 Å². The molecular weight excluding hydrogens is 417 g/mol. The maximum atomic E-state index is 13.1. The van der Waals surface area contributed by atoms with Gasteiger partial charge in [-0.1, -0.05) is 23.7 Å². The minimum absolute atomic E-state index is 0.0756. The fourth-order valence-electron chi connectivity index (χ4n) is 3.21. The molecular formula is C20H23ClFN3O3S. The van der Waals surface area contributed by atoms with E-state index in [0.29, 0.717) is 37.6 Å². The number of nitrogens with zero attached hydrogens (tertiary/aromatic N) is 2. The number of rotatable bonds is 6. The van der Waals surface area contributed by atoms with Crippen LogP contribution in [-0.4, -0.2) is 56.3 Å². The second-order valence-corrected chi connectivity index (χ2v) is 9.27. The molecule has 0 bridgehead atoms. The highest BCUT2D eigenvalue weighted by Crippen LogP contribution is 2.18. The molecule has 0 unspecified atom stereocenters. The van der Waals surface area contributed by atoms with Crippen LogP contribution in [0.3, 0.4) is 0 Å². The third kappa shape index (κ3) is 5.99. The minimum Gasteiger partial charge on any atom is -0.351 e. The van der Waals surface area contributed by atoms with Crippen molar-refractivity contribution in [1.29, 1.82) is 0 Å². The molecule has 156 valence electrons. The quantitative estimate of drug-likeness (QED) is 0.750. The smallest absolute Gasteiger partial charge is 0.243 e. The Morgan fingerprint density at radius 1 is 1.07 bits per heavy atom. The Bertz CT molecular complexity index is 954. The van der Waals surface area contributed by atoms with Crippen molar-refractivity contribution >= 4 is 27.5 Å². The van der Waals surface area contributed by atoms with E-state index < -0.39 is 15.8 Å². The second kappa shape index (κ2) is 9.67. The van der Waals surface area contributed by atoms with Crippen LogP contribution in [-0.2, 0) is 21.4 Å². The topological polar surface area (TPSA) is 69.7 Å². The predicted octanol–water partition coefficient (Wildman–Crippen LogP) is 2.49. The highest BCUT2D eigenvalue weighted by atomic mass is 35.5. The summed E-state index contributed by atoms with van der Waals surface area (Å²) < 4.78 is 40.0. The second-order valence-electron chi connectivity index (χ2n) is 6.89. The molecule has 2 aromatic rings. The van der Waals surface area contributed by atoms with Crippen LogP contribution >= 0.6 is 11.6 Å². The number of sulfonamides is 1. The van der Waals surface area contributed by atoms with Gasteiger partial charge in [0.1, 0.15) is 5.82 Å². The molecule has 0 aliphatic carbocycles. The number of benzene rings is 2. The van der Waals surface area contributed by atoms with E-state index in [0.717, 1.165) is 17.7 Å². The van der Waals surface area contributed by atoms with Gasteiger partial charge in [0.25, 0.3) is 0 Å². The molecule has 0 aromatic heterocycles. The Kier molecular flexibility index (Phi) is 7.23. The Morgan fingerprint density at radius 3 is 2.55 bits per heavy atom. The number of hydrogen-bond donors (Lipinski definition) is 1. The maximum Gasteiger partial charge on any atom is 0.243 e. The summed E-state index contributed by atoms with van der Waals surface area (Å²) in [4.78, 5) is 14.3.